The summed E-state index contributed by atoms with van der Waals surface area (Å²) in [6, 6.07) is 0. The van der Waals surface area contributed by atoms with Crippen molar-refractivity contribution >= 4 is 0 Å². The zero-order chi connectivity index (χ0) is 31.5. The predicted octanol–water partition coefficient (Wildman–Crippen LogP) is 13.5. The van der Waals surface area contributed by atoms with Gasteiger partial charge in [0.2, 0.25) is 0 Å². The molecule has 0 N–H and O–H groups in total. The van der Waals surface area contributed by atoms with E-state index in [2.05, 4.69) is 51.2 Å². The van der Waals surface area contributed by atoms with E-state index in [-0.39, 0.29) is 0 Å². The number of fused-ring (bicyclic) bond motifs is 2. The van der Waals surface area contributed by atoms with Gasteiger partial charge in [-0.15, -0.1) is 0 Å². The summed E-state index contributed by atoms with van der Waals surface area (Å²) < 4.78 is 0. The molecule has 0 spiro atoms. The van der Waals surface area contributed by atoms with E-state index in [4.69, 9.17) is 0 Å². The van der Waals surface area contributed by atoms with E-state index in [0.717, 1.165) is 71.0 Å². The molecule has 5 fully saturated rings. The second-order valence-corrected chi connectivity index (χ2v) is 17.9. The summed E-state index contributed by atoms with van der Waals surface area (Å²) in [5.74, 6) is 11.8. The summed E-state index contributed by atoms with van der Waals surface area (Å²) >= 11 is 0. The van der Waals surface area contributed by atoms with Gasteiger partial charge in [0.15, 0.2) is 0 Å². The maximum absolute atomic E-state index is 4.05. The van der Waals surface area contributed by atoms with Crippen LogP contribution in [0.2, 0.25) is 0 Å². The van der Waals surface area contributed by atoms with Gasteiger partial charge in [-0.25, -0.2) is 0 Å². The van der Waals surface area contributed by atoms with Gasteiger partial charge in [-0.05, 0) is 128 Å². The third kappa shape index (κ3) is 6.87. The van der Waals surface area contributed by atoms with Crippen LogP contribution >= 0.6 is 0 Å². The number of hydrogen-bond donors (Lipinski definition) is 0. The van der Waals surface area contributed by atoms with Gasteiger partial charge >= 0.3 is 0 Å². The van der Waals surface area contributed by atoms with Crippen molar-refractivity contribution in [2.24, 2.45) is 76.9 Å². The Hall–Kier alpha value is -1.04. The van der Waals surface area contributed by atoms with Crippen LogP contribution < -0.4 is 0 Å². The molecule has 0 saturated heterocycles. The van der Waals surface area contributed by atoms with Crippen molar-refractivity contribution in [3.8, 4) is 0 Å². The molecule has 0 aromatic rings. The summed E-state index contributed by atoms with van der Waals surface area (Å²) in [6.45, 7) is 9.07. The van der Waals surface area contributed by atoms with Crippen LogP contribution in [0, 0.1) is 83.4 Å². The highest BCUT2D eigenvalue weighted by molar-refractivity contribution is 5.45. The van der Waals surface area contributed by atoms with E-state index in [1.807, 2.05) is 17.2 Å². The minimum atomic E-state index is 0.448. The summed E-state index contributed by atoms with van der Waals surface area (Å²) in [4.78, 5) is 0. The number of allylic oxidation sites excluding steroid dienone is 7. The first kappa shape index (κ1) is 33.5. The molecule has 5 saturated carbocycles. The minimum absolute atomic E-state index is 0.448. The molecule has 1 radical (unpaired) electrons. The monoisotopic (exact) mass is 624 g/mol. The van der Waals surface area contributed by atoms with Crippen LogP contribution in [0.4, 0.5) is 0 Å². The van der Waals surface area contributed by atoms with Crippen LogP contribution in [0.3, 0.4) is 0 Å². The van der Waals surface area contributed by atoms with Crippen LogP contribution in [0.1, 0.15) is 155 Å². The van der Waals surface area contributed by atoms with Gasteiger partial charge in [-0.2, -0.15) is 0 Å². The Morgan fingerprint density at radius 3 is 1.96 bits per heavy atom. The van der Waals surface area contributed by atoms with Crippen molar-refractivity contribution in [3.63, 3.8) is 0 Å². The van der Waals surface area contributed by atoms with Crippen molar-refractivity contribution in [2.45, 2.75) is 155 Å². The Balaban J connectivity index is 1.30. The molecule has 11 unspecified atom stereocenters. The molecular formula is C46H71. The van der Waals surface area contributed by atoms with E-state index < -0.39 is 0 Å². The quantitative estimate of drug-likeness (QED) is 0.236. The first-order chi connectivity index (χ1) is 22.7. The Kier molecular flexibility index (Phi) is 11.4. The van der Waals surface area contributed by atoms with Crippen molar-refractivity contribution in [3.05, 3.63) is 54.5 Å². The normalized spacial score (nSPS) is 42.4. The van der Waals surface area contributed by atoms with Crippen molar-refractivity contribution in [2.75, 3.05) is 0 Å². The summed E-state index contributed by atoms with van der Waals surface area (Å²) in [7, 11) is 0. The standard InChI is InChI=1S/C46H71/c1-4-7-17-32-26-27-43-44(28-32)45(38-30-36(33(5-2)6-3)29-37(31-38)34-18-10-8-11-19-34)41-23-12-9-13-24-42(41)46(43)40-25-16-21-35-20-14-15-22-39(35)40/h4,7,17,26-28,32-42,45-46H,1,5-6,8-16,18-25,29-31H2,2-3H3/b17-7-. The Labute approximate surface area is 285 Å². The Morgan fingerprint density at radius 2 is 1.20 bits per heavy atom. The molecule has 7 rings (SSSR count). The van der Waals surface area contributed by atoms with Gasteiger partial charge in [-0.3, -0.25) is 0 Å². The summed E-state index contributed by atoms with van der Waals surface area (Å²) in [5.41, 5.74) is 3.77. The minimum Gasteiger partial charge on any atom is -0.0991 e. The Bertz CT molecular complexity index is 1080. The lowest BCUT2D eigenvalue weighted by atomic mass is 9.49. The van der Waals surface area contributed by atoms with Gasteiger partial charge in [0, 0.05) is 5.92 Å². The van der Waals surface area contributed by atoms with Crippen LogP contribution in [0.15, 0.2) is 48.1 Å². The fourth-order valence-electron chi connectivity index (χ4n) is 14.0. The van der Waals surface area contributed by atoms with E-state index in [1.165, 1.54) is 128 Å². The molecule has 0 aliphatic heterocycles. The zero-order valence-electron chi connectivity index (χ0n) is 30.2. The van der Waals surface area contributed by atoms with Gasteiger partial charge < -0.3 is 0 Å². The molecule has 0 heteroatoms. The first-order valence-corrected chi connectivity index (χ1v) is 21.3. The van der Waals surface area contributed by atoms with Crippen LogP contribution in [-0.2, 0) is 0 Å². The number of hydrogen-bond acceptors (Lipinski definition) is 0. The van der Waals surface area contributed by atoms with E-state index in [0.29, 0.717) is 5.92 Å². The molecule has 46 heavy (non-hydrogen) atoms. The first-order valence-electron chi connectivity index (χ1n) is 21.3. The molecule has 255 valence electrons. The molecule has 0 bridgehead atoms. The highest BCUT2D eigenvalue weighted by atomic mass is 14.6. The summed E-state index contributed by atoms with van der Waals surface area (Å²) in [5, 5.41) is 0. The second kappa shape index (κ2) is 15.7. The van der Waals surface area contributed by atoms with Gasteiger partial charge in [0.25, 0.3) is 0 Å². The van der Waals surface area contributed by atoms with Crippen LogP contribution in [0.5, 0.6) is 0 Å². The smallest absolute Gasteiger partial charge is 0.00248 e. The molecule has 0 nitrogen and oxygen atoms in total. The van der Waals surface area contributed by atoms with Gasteiger partial charge in [-0.1, -0.05) is 153 Å². The lowest BCUT2D eigenvalue weighted by molar-refractivity contribution is -0.00150. The molecular weight excluding hydrogens is 553 g/mol. The molecule has 11 atom stereocenters. The highest BCUT2D eigenvalue weighted by Crippen LogP contribution is 2.62. The predicted molar refractivity (Wildman–Crippen MR) is 198 cm³/mol. The van der Waals surface area contributed by atoms with Gasteiger partial charge in [0.05, 0.1) is 0 Å². The van der Waals surface area contributed by atoms with E-state index in [1.54, 1.807) is 12.8 Å². The maximum atomic E-state index is 4.05. The molecule has 0 aromatic carbocycles. The fourth-order valence-corrected chi connectivity index (χ4v) is 14.0. The average Bonchev–Trinajstić information content (AvgIpc) is 3.36. The van der Waals surface area contributed by atoms with Crippen LogP contribution in [0.25, 0.3) is 0 Å². The zero-order valence-corrected chi connectivity index (χ0v) is 30.2. The lowest BCUT2D eigenvalue weighted by Crippen LogP contribution is -2.48. The van der Waals surface area contributed by atoms with E-state index in [9.17, 15) is 0 Å². The Morgan fingerprint density at radius 1 is 0.609 bits per heavy atom. The highest BCUT2D eigenvalue weighted by Gasteiger charge is 2.53. The third-order valence-corrected chi connectivity index (χ3v) is 15.9. The van der Waals surface area contributed by atoms with Crippen molar-refractivity contribution in [1.29, 1.82) is 0 Å². The second-order valence-electron chi connectivity index (χ2n) is 17.9. The fraction of sp³-hybridized carbons (Fsp3) is 0.804. The lowest BCUT2D eigenvalue weighted by Gasteiger charge is -2.56. The average molecular weight is 624 g/mol. The van der Waals surface area contributed by atoms with Crippen molar-refractivity contribution in [1.82, 2.24) is 0 Å². The molecule has 7 aliphatic rings. The molecule has 0 amide bonds. The third-order valence-electron chi connectivity index (χ3n) is 15.9. The summed E-state index contributed by atoms with van der Waals surface area (Å²) in [6.07, 6.45) is 48.0. The van der Waals surface area contributed by atoms with Gasteiger partial charge in [0.1, 0.15) is 0 Å². The maximum Gasteiger partial charge on any atom is 0.00248 e. The topological polar surface area (TPSA) is 0 Å². The van der Waals surface area contributed by atoms with Crippen molar-refractivity contribution < 1.29 is 0 Å². The van der Waals surface area contributed by atoms with E-state index >= 15 is 0 Å². The molecule has 7 aliphatic carbocycles. The number of rotatable bonds is 8. The largest absolute Gasteiger partial charge is 0.0991 e. The van der Waals surface area contributed by atoms with Crippen LogP contribution in [-0.4, -0.2) is 0 Å². The molecule has 0 heterocycles. The SMILES string of the molecule is C=C/C=C\C1[CH]C2=C(C=C1)C(C1CCCC3CCCCC31)C1CCCCCC1C2C1CC(C(CC)CC)CC(C2CCCCC2)C1. The molecule has 0 aromatic heterocycles.